The molecule has 2 aromatic heterocycles. The summed E-state index contributed by atoms with van der Waals surface area (Å²) in [6.45, 7) is 5.63. The molecule has 7 heteroatoms. The average molecular weight is 469 g/mol. The van der Waals surface area contributed by atoms with E-state index in [1.165, 1.54) is 0 Å². The molecule has 0 amide bonds. The molecule has 0 atom stereocenters. The number of nitrogens with zero attached hydrogens (tertiary/aromatic N) is 4. The molecule has 2 fully saturated rings. The number of hydrogen-bond donors (Lipinski definition) is 0. The number of hydrogen-bond acceptors (Lipinski definition) is 6. The Hall–Kier alpha value is -3.79. The number of nitriles is 1. The standard InChI is InChI=1S/C28H28N4O3/c1-17-7-10-22-21(15-17)30-27(35-22)28(2)11-13-32(14-12-28)24-19-5-4-6-23(34-18-8-9-18)25(19)31(3)26(33)20(24)16-29/h4-7,10,15,18H,8-9,11-14H2,1-3H3. The Bertz CT molecular complexity index is 1560. The molecule has 0 bridgehead atoms. The molecule has 2 aromatic carbocycles. The number of oxazole rings is 1. The van der Waals surface area contributed by atoms with Crippen molar-refractivity contribution in [2.24, 2.45) is 7.05 Å². The molecular formula is C28H28N4O3. The van der Waals surface area contributed by atoms with E-state index in [0.717, 1.165) is 59.1 Å². The Balaban J connectivity index is 1.38. The maximum absolute atomic E-state index is 13.2. The minimum Gasteiger partial charge on any atom is -0.488 e. The summed E-state index contributed by atoms with van der Waals surface area (Å²) in [5, 5.41) is 10.9. The molecule has 1 aliphatic heterocycles. The van der Waals surface area contributed by atoms with Gasteiger partial charge in [0.25, 0.3) is 5.56 Å². The van der Waals surface area contributed by atoms with Crippen LogP contribution in [0.25, 0.3) is 22.0 Å². The smallest absolute Gasteiger partial charge is 0.270 e. The van der Waals surface area contributed by atoms with Crippen molar-refractivity contribution >= 4 is 27.7 Å². The Morgan fingerprint density at radius 3 is 2.69 bits per heavy atom. The van der Waals surface area contributed by atoms with Gasteiger partial charge in [0.15, 0.2) is 5.58 Å². The van der Waals surface area contributed by atoms with Gasteiger partial charge < -0.3 is 18.6 Å². The fraction of sp³-hybridized carbons (Fsp3) is 0.393. The van der Waals surface area contributed by atoms with Crippen molar-refractivity contribution in [1.82, 2.24) is 9.55 Å². The molecule has 1 saturated heterocycles. The molecule has 0 unspecified atom stereocenters. The summed E-state index contributed by atoms with van der Waals surface area (Å²) < 4.78 is 13.9. The van der Waals surface area contributed by atoms with E-state index in [9.17, 15) is 10.1 Å². The van der Waals surface area contributed by atoms with Crippen LogP contribution in [0, 0.1) is 18.3 Å². The van der Waals surface area contributed by atoms with Crippen molar-refractivity contribution in [3.05, 3.63) is 63.8 Å². The third-order valence-electron chi connectivity index (χ3n) is 7.52. The third kappa shape index (κ3) is 3.56. The van der Waals surface area contributed by atoms with E-state index in [1.54, 1.807) is 11.6 Å². The van der Waals surface area contributed by atoms with Crippen molar-refractivity contribution in [3.8, 4) is 11.8 Å². The number of pyridine rings is 1. The maximum atomic E-state index is 13.2. The Morgan fingerprint density at radius 2 is 1.97 bits per heavy atom. The monoisotopic (exact) mass is 468 g/mol. The van der Waals surface area contributed by atoms with Crippen LogP contribution in [0.5, 0.6) is 5.75 Å². The van der Waals surface area contributed by atoms with Crippen molar-refractivity contribution in [3.63, 3.8) is 0 Å². The molecule has 4 aromatic rings. The second kappa shape index (κ2) is 7.88. The van der Waals surface area contributed by atoms with E-state index < -0.39 is 0 Å². The predicted octanol–water partition coefficient (Wildman–Crippen LogP) is 4.96. The number of para-hydroxylation sites is 1. The molecule has 3 heterocycles. The van der Waals surface area contributed by atoms with Crippen LogP contribution in [-0.4, -0.2) is 28.7 Å². The largest absolute Gasteiger partial charge is 0.488 e. The lowest BCUT2D eigenvalue weighted by Crippen LogP contribution is -2.42. The van der Waals surface area contributed by atoms with Crippen LogP contribution in [0.4, 0.5) is 5.69 Å². The lowest BCUT2D eigenvalue weighted by atomic mass is 9.80. The third-order valence-corrected chi connectivity index (χ3v) is 7.52. The first kappa shape index (κ1) is 21.7. The summed E-state index contributed by atoms with van der Waals surface area (Å²) in [6.07, 6.45) is 3.89. The van der Waals surface area contributed by atoms with Gasteiger partial charge in [-0.15, -0.1) is 0 Å². The fourth-order valence-corrected chi connectivity index (χ4v) is 5.19. The molecule has 178 valence electrons. The van der Waals surface area contributed by atoms with E-state index in [-0.39, 0.29) is 22.6 Å². The van der Waals surface area contributed by atoms with Crippen LogP contribution in [-0.2, 0) is 12.5 Å². The fourth-order valence-electron chi connectivity index (χ4n) is 5.19. The number of rotatable bonds is 4. The first-order valence-electron chi connectivity index (χ1n) is 12.2. The van der Waals surface area contributed by atoms with Crippen LogP contribution in [0.1, 0.15) is 49.6 Å². The lowest BCUT2D eigenvalue weighted by Gasteiger charge is -2.39. The molecule has 6 rings (SSSR count). The molecule has 0 spiro atoms. The highest BCUT2D eigenvalue weighted by Gasteiger charge is 2.38. The minimum atomic E-state index is -0.287. The summed E-state index contributed by atoms with van der Waals surface area (Å²) in [5.41, 5.74) is 3.99. The molecule has 2 aliphatic rings. The maximum Gasteiger partial charge on any atom is 0.270 e. The molecule has 0 radical (unpaired) electrons. The van der Waals surface area contributed by atoms with Gasteiger partial charge in [0.2, 0.25) is 5.89 Å². The molecular weight excluding hydrogens is 440 g/mol. The van der Waals surface area contributed by atoms with Crippen molar-refractivity contribution in [1.29, 1.82) is 5.26 Å². The highest BCUT2D eigenvalue weighted by molar-refractivity contribution is 5.98. The van der Waals surface area contributed by atoms with Gasteiger partial charge in [0, 0.05) is 30.9 Å². The normalized spacial score (nSPS) is 17.6. The second-order valence-corrected chi connectivity index (χ2v) is 10.2. The van der Waals surface area contributed by atoms with E-state index in [2.05, 4.69) is 24.8 Å². The Labute approximate surface area is 203 Å². The van der Waals surface area contributed by atoms with E-state index in [0.29, 0.717) is 24.5 Å². The Kier molecular flexibility index (Phi) is 4.89. The van der Waals surface area contributed by atoms with Crippen LogP contribution < -0.4 is 15.2 Å². The number of benzene rings is 2. The SMILES string of the molecule is Cc1ccc2oc(C3(C)CCN(c4c(C#N)c(=O)n(C)c5c(OC6CC6)cccc45)CC3)nc2c1. The van der Waals surface area contributed by atoms with E-state index >= 15 is 0 Å². The highest BCUT2D eigenvalue weighted by Crippen LogP contribution is 2.41. The van der Waals surface area contributed by atoms with Gasteiger partial charge in [-0.1, -0.05) is 25.1 Å². The van der Waals surface area contributed by atoms with E-state index in [4.69, 9.17) is 14.1 Å². The van der Waals surface area contributed by atoms with E-state index in [1.807, 2.05) is 36.4 Å². The van der Waals surface area contributed by atoms with Crippen LogP contribution in [0.3, 0.4) is 0 Å². The number of fused-ring (bicyclic) bond motifs is 2. The van der Waals surface area contributed by atoms with Gasteiger partial charge in [0.1, 0.15) is 22.9 Å². The summed E-state index contributed by atoms with van der Waals surface area (Å²) in [5.74, 6) is 1.46. The van der Waals surface area contributed by atoms with Crippen molar-refractivity contribution in [2.45, 2.75) is 51.0 Å². The first-order valence-corrected chi connectivity index (χ1v) is 12.2. The quantitative estimate of drug-likeness (QED) is 0.421. The molecule has 0 N–H and O–H groups in total. The Morgan fingerprint density at radius 1 is 1.20 bits per heavy atom. The van der Waals surface area contributed by atoms with Gasteiger partial charge in [0.05, 0.1) is 17.3 Å². The summed E-state index contributed by atoms with van der Waals surface area (Å²) >= 11 is 0. The minimum absolute atomic E-state index is 0.185. The number of aryl methyl sites for hydroxylation is 2. The highest BCUT2D eigenvalue weighted by atomic mass is 16.5. The molecule has 1 aliphatic carbocycles. The van der Waals surface area contributed by atoms with Crippen molar-refractivity contribution < 1.29 is 9.15 Å². The molecule has 1 saturated carbocycles. The summed E-state index contributed by atoms with van der Waals surface area (Å²) in [7, 11) is 1.72. The predicted molar refractivity (Wildman–Crippen MR) is 135 cm³/mol. The van der Waals surface area contributed by atoms with Gasteiger partial charge in [-0.05, 0) is 56.4 Å². The van der Waals surface area contributed by atoms with Crippen LogP contribution in [0.15, 0.2) is 45.6 Å². The van der Waals surface area contributed by atoms with Gasteiger partial charge in [-0.25, -0.2) is 4.98 Å². The number of piperidine rings is 1. The zero-order valence-electron chi connectivity index (χ0n) is 20.3. The summed E-state index contributed by atoms with van der Waals surface area (Å²) in [6, 6.07) is 14.1. The van der Waals surface area contributed by atoms with Gasteiger partial charge >= 0.3 is 0 Å². The number of aromatic nitrogens is 2. The molecule has 7 nitrogen and oxygen atoms in total. The first-order chi connectivity index (χ1) is 16.9. The lowest BCUT2D eigenvalue weighted by molar-refractivity contribution is 0.292. The van der Waals surface area contributed by atoms with Gasteiger partial charge in [-0.3, -0.25) is 4.79 Å². The number of ether oxygens (including phenoxy) is 1. The zero-order chi connectivity index (χ0) is 24.3. The van der Waals surface area contributed by atoms with Crippen LogP contribution in [0.2, 0.25) is 0 Å². The topological polar surface area (TPSA) is 84.3 Å². The molecule has 35 heavy (non-hydrogen) atoms. The zero-order valence-corrected chi connectivity index (χ0v) is 20.3. The van der Waals surface area contributed by atoms with Gasteiger partial charge in [-0.2, -0.15) is 5.26 Å². The summed E-state index contributed by atoms with van der Waals surface area (Å²) in [4.78, 5) is 20.2. The second-order valence-electron chi connectivity index (χ2n) is 10.2. The van der Waals surface area contributed by atoms with Crippen LogP contribution >= 0.6 is 0 Å². The average Bonchev–Trinajstić information content (AvgIpc) is 3.56. The number of anilines is 1. The van der Waals surface area contributed by atoms with Crippen molar-refractivity contribution in [2.75, 3.05) is 18.0 Å².